The van der Waals surface area contributed by atoms with E-state index in [0.29, 0.717) is 17.9 Å². The van der Waals surface area contributed by atoms with E-state index < -0.39 is 6.09 Å². The Labute approximate surface area is 128 Å². The summed E-state index contributed by atoms with van der Waals surface area (Å²) in [5, 5.41) is 9.09. The Morgan fingerprint density at radius 1 is 1.09 bits per heavy atom. The molecule has 0 heterocycles. The first-order chi connectivity index (χ1) is 10.6. The van der Waals surface area contributed by atoms with Crippen molar-refractivity contribution in [2.24, 2.45) is 4.99 Å². The zero-order chi connectivity index (χ0) is 15.9. The van der Waals surface area contributed by atoms with Gasteiger partial charge in [0.05, 0.1) is 5.69 Å². The molecule has 0 aliphatic rings. The fourth-order valence-electron chi connectivity index (χ4n) is 2.20. The summed E-state index contributed by atoms with van der Waals surface area (Å²) in [4.78, 5) is 26.1. The number of carbonyl (C=O) groups excluding carboxylic acids is 1. The fourth-order valence-corrected chi connectivity index (χ4v) is 2.20. The normalized spacial score (nSPS) is 9.86. The van der Waals surface area contributed by atoms with Crippen molar-refractivity contribution >= 4 is 23.5 Å². The number of hydrogen-bond acceptors (Lipinski definition) is 3. The number of carbonyl (C=O) groups is 1. The number of isocyanates is 1. The van der Waals surface area contributed by atoms with E-state index in [4.69, 9.17) is 5.11 Å². The summed E-state index contributed by atoms with van der Waals surface area (Å²) in [5.41, 5.74) is 3.41. The van der Waals surface area contributed by atoms with Crippen LogP contribution < -0.4 is 4.90 Å². The van der Waals surface area contributed by atoms with Gasteiger partial charge in [0.15, 0.2) is 0 Å². The second-order valence-electron chi connectivity index (χ2n) is 4.74. The van der Waals surface area contributed by atoms with Crippen LogP contribution in [-0.4, -0.2) is 23.8 Å². The highest BCUT2D eigenvalue weighted by molar-refractivity contribution is 5.85. The van der Waals surface area contributed by atoms with Gasteiger partial charge in [-0.3, -0.25) is 4.90 Å². The molecule has 2 aromatic rings. The lowest BCUT2D eigenvalue weighted by Crippen LogP contribution is -2.28. The Morgan fingerprint density at radius 2 is 1.64 bits per heavy atom. The van der Waals surface area contributed by atoms with E-state index in [1.54, 1.807) is 31.2 Å². The van der Waals surface area contributed by atoms with Crippen molar-refractivity contribution in [1.82, 2.24) is 0 Å². The van der Waals surface area contributed by atoms with Crippen molar-refractivity contribution in [1.29, 1.82) is 0 Å². The standard InChI is InChI=1S/C17H16N2O3/c1-2-19(17(21)22)16-9-5-14(6-10-16)11-13-3-7-15(8-4-13)18-12-20/h3-10H,2,11H2,1H3,(H,21,22). The van der Waals surface area contributed by atoms with Gasteiger partial charge in [0.1, 0.15) is 0 Å². The number of benzene rings is 2. The van der Waals surface area contributed by atoms with Gasteiger partial charge in [-0.05, 0) is 48.7 Å². The van der Waals surface area contributed by atoms with Crippen molar-refractivity contribution in [2.45, 2.75) is 13.3 Å². The Hall–Kier alpha value is -2.91. The third-order valence-corrected chi connectivity index (χ3v) is 3.31. The minimum absolute atomic E-state index is 0.410. The number of carboxylic acid groups (broad SMARTS) is 1. The van der Waals surface area contributed by atoms with Crippen LogP contribution in [0.5, 0.6) is 0 Å². The van der Waals surface area contributed by atoms with E-state index in [1.807, 2.05) is 24.3 Å². The quantitative estimate of drug-likeness (QED) is 0.674. The third-order valence-electron chi connectivity index (χ3n) is 3.31. The van der Waals surface area contributed by atoms with Gasteiger partial charge in [-0.25, -0.2) is 9.59 Å². The van der Waals surface area contributed by atoms with Crippen LogP contribution >= 0.6 is 0 Å². The molecule has 5 heteroatoms. The molecule has 0 atom stereocenters. The highest BCUT2D eigenvalue weighted by Crippen LogP contribution is 2.19. The molecule has 112 valence electrons. The molecule has 5 nitrogen and oxygen atoms in total. The van der Waals surface area contributed by atoms with Crippen LogP contribution in [0.3, 0.4) is 0 Å². The molecule has 0 fully saturated rings. The molecule has 0 aromatic heterocycles. The monoisotopic (exact) mass is 296 g/mol. The maximum atomic E-state index is 11.1. The molecule has 2 aromatic carbocycles. The molecule has 0 aliphatic heterocycles. The van der Waals surface area contributed by atoms with E-state index in [9.17, 15) is 9.59 Å². The predicted octanol–water partition coefficient (Wildman–Crippen LogP) is 3.75. The maximum Gasteiger partial charge on any atom is 0.411 e. The SMILES string of the molecule is CCN(C(=O)O)c1ccc(Cc2ccc(N=C=O)cc2)cc1. The van der Waals surface area contributed by atoms with Gasteiger partial charge < -0.3 is 5.11 Å². The van der Waals surface area contributed by atoms with Gasteiger partial charge in [-0.2, -0.15) is 4.99 Å². The van der Waals surface area contributed by atoms with Gasteiger partial charge in [0.2, 0.25) is 6.08 Å². The third kappa shape index (κ3) is 3.81. The van der Waals surface area contributed by atoms with E-state index in [2.05, 4.69) is 4.99 Å². The Bertz CT molecular complexity index is 687. The fraction of sp³-hybridized carbons (Fsp3) is 0.176. The zero-order valence-electron chi connectivity index (χ0n) is 12.2. The molecule has 1 N–H and O–H groups in total. The number of anilines is 1. The lowest BCUT2D eigenvalue weighted by molar-refractivity contribution is 0.202. The molecule has 0 aliphatic carbocycles. The smallest absolute Gasteiger partial charge is 0.411 e. The van der Waals surface area contributed by atoms with Crippen molar-refractivity contribution in [2.75, 3.05) is 11.4 Å². The molecular formula is C17H16N2O3. The lowest BCUT2D eigenvalue weighted by atomic mass is 10.0. The Kier molecular flexibility index (Phi) is 5.07. The van der Waals surface area contributed by atoms with Gasteiger partial charge >= 0.3 is 6.09 Å². The number of nitrogens with zero attached hydrogens (tertiary/aromatic N) is 2. The summed E-state index contributed by atoms with van der Waals surface area (Å²) < 4.78 is 0. The van der Waals surface area contributed by atoms with Gasteiger partial charge in [0.25, 0.3) is 0 Å². The Balaban J connectivity index is 2.10. The molecule has 0 saturated heterocycles. The van der Waals surface area contributed by atoms with Crippen molar-refractivity contribution < 1.29 is 14.7 Å². The first-order valence-corrected chi connectivity index (χ1v) is 6.90. The first kappa shape index (κ1) is 15.5. The molecule has 0 bridgehead atoms. The predicted molar refractivity (Wildman–Crippen MR) is 84.5 cm³/mol. The number of rotatable bonds is 5. The van der Waals surface area contributed by atoms with Gasteiger partial charge in [-0.1, -0.05) is 24.3 Å². The average Bonchev–Trinajstić information content (AvgIpc) is 2.51. The first-order valence-electron chi connectivity index (χ1n) is 6.90. The highest BCUT2D eigenvalue weighted by Gasteiger charge is 2.11. The second kappa shape index (κ2) is 7.20. The molecule has 1 amide bonds. The van der Waals surface area contributed by atoms with Crippen LogP contribution in [-0.2, 0) is 11.2 Å². The molecule has 0 saturated carbocycles. The summed E-state index contributed by atoms with van der Waals surface area (Å²) in [6.45, 7) is 2.21. The lowest BCUT2D eigenvalue weighted by Gasteiger charge is -2.17. The Morgan fingerprint density at radius 3 is 2.09 bits per heavy atom. The summed E-state index contributed by atoms with van der Waals surface area (Å²) in [5.74, 6) is 0. The summed E-state index contributed by atoms with van der Waals surface area (Å²) in [6, 6.07) is 14.8. The van der Waals surface area contributed by atoms with E-state index in [-0.39, 0.29) is 0 Å². The molecule has 22 heavy (non-hydrogen) atoms. The topological polar surface area (TPSA) is 70.0 Å². The van der Waals surface area contributed by atoms with Crippen molar-refractivity contribution in [3.63, 3.8) is 0 Å². The summed E-state index contributed by atoms with van der Waals surface area (Å²) in [6.07, 6.45) is 1.28. The number of aliphatic imine (C=N–C) groups is 1. The second-order valence-corrected chi connectivity index (χ2v) is 4.74. The van der Waals surface area contributed by atoms with Crippen LogP contribution in [0.15, 0.2) is 53.5 Å². The van der Waals surface area contributed by atoms with Crippen LogP contribution in [0.1, 0.15) is 18.1 Å². The average molecular weight is 296 g/mol. The van der Waals surface area contributed by atoms with Crippen LogP contribution in [0.25, 0.3) is 0 Å². The van der Waals surface area contributed by atoms with Gasteiger partial charge in [0, 0.05) is 12.2 Å². The highest BCUT2D eigenvalue weighted by atomic mass is 16.4. The maximum absolute atomic E-state index is 11.1. The van der Waals surface area contributed by atoms with Crippen LogP contribution in [0, 0.1) is 0 Å². The van der Waals surface area contributed by atoms with E-state index >= 15 is 0 Å². The molecule has 2 rings (SSSR count). The van der Waals surface area contributed by atoms with Crippen molar-refractivity contribution in [3.8, 4) is 0 Å². The minimum Gasteiger partial charge on any atom is -0.465 e. The zero-order valence-corrected chi connectivity index (χ0v) is 12.2. The molecule has 0 spiro atoms. The molecular weight excluding hydrogens is 280 g/mol. The molecule has 0 unspecified atom stereocenters. The minimum atomic E-state index is -0.957. The largest absolute Gasteiger partial charge is 0.465 e. The van der Waals surface area contributed by atoms with Gasteiger partial charge in [-0.15, -0.1) is 0 Å². The summed E-state index contributed by atoms with van der Waals surface area (Å²) in [7, 11) is 0. The van der Waals surface area contributed by atoms with Crippen LogP contribution in [0.4, 0.5) is 16.2 Å². The van der Waals surface area contributed by atoms with Crippen LogP contribution in [0.2, 0.25) is 0 Å². The van der Waals surface area contributed by atoms with E-state index in [0.717, 1.165) is 17.5 Å². The summed E-state index contributed by atoms with van der Waals surface area (Å²) >= 11 is 0. The number of amides is 1. The molecule has 0 radical (unpaired) electrons. The number of hydrogen-bond donors (Lipinski definition) is 1. The van der Waals surface area contributed by atoms with E-state index in [1.165, 1.54) is 11.0 Å². The van der Waals surface area contributed by atoms with Crippen molar-refractivity contribution in [3.05, 3.63) is 59.7 Å².